The number of aromatic nitrogens is 1. The first kappa shape index (κ1) is 13.7. The molecule has 5 heteroatoms. The Morgan fingerprint density at radius 2 is 2.16 bits per heavy atom. The van der Waals surface area contributed by atoms with Gasteiger partial charge in [-0.05, 0) is 18.4 Å². The van der Waals surface area contributed by atoms with Gasteiger partial charge < -0.3 is 11.1 Å². The van der Waals surface area contributed by atoms with Crippen molar-refractivity contribution >= 4 is 17.2 Å². The van der Waals surface area contributed by atoms with E-state index in [1.807, 2.05) is 35.7 Å². The van der Waals surface area contributed by atoms with Gasteiger partial charge in [-0.1, -0.05) is 30.3 Å². The van der Waals surface area contributed by atoms with Crippen LogP contribution in [0.25, 0.3) is 0 Å². The second-order valence-electron chi connectivity index (χ2n) is 4.27. The summed E-state index contributed by atoms with van der Waals surface area (Å²) in [5.41, 5.74) is 7.08. The lowest BCUT2D eigenvalue weighted by atomic mass is 10.1. The maximum atomic E-state index is 11.8. The molecular weight excluding hydrogens is 258 g/mol. The number of amides is 1. The Kier molecular flexibility index (Phi) is 5.06. The van der Waals surface area contributed by atoms with Crippen molar-refractivity contribution in [2.45, 2.75) is 25.4 Å². The first-order valence-corrected chi connectivity index (χ1v) is 7.09. The van der Waals surface area contributed by atoms with Crippen molar-refractivity contribution in [3.8, 4) is 0 Å². The number of aryl methyl sites for hydroxylation is 1. The first-order valence-electron chi connectivity index (χ1n) is 6.21. The number of nitrogens with one attached hydrogen (secondary N) is 1. The number of hydrogen-bond donors (Lipinski definition) is 2. The molecule has 0 fully saturated rings. The molecular formula is C14H17N3OS. The number of benzene rings is 1. The van der Waals surface area contributed by atoms with Crippen molar-refractivity contribution in [2.24, 2.45) is 5.73 Å². The Bertz CT molecular complexity index is 499. The van der Waals surface area contributed by atoms with Gasteiger partial charge >= 0.3 is 0 Å². The standard InChI is InChI=1S/C14H17N3OS/c15-12(7-6-11-4-2-1-3-5-11)14(18)17-10-13-16-8-9-19-13/h1-5,8-9,12H,6-7,10,15H2,(H,17,18)/t12-/m0/s1. The predicted octanol–water partition coefficient (Wildman–Crippen LogP) is 1.72. The molecule has 0 spiro atoms. The minimum Gasteiger partial charge on any atom is -0.348 e. The number of carbonyl (C=O) groups is 1. The summed E-state index contributed by atoms with van der Waals surface area (Å²) >= 11 is 1.52. The Labute approximate surface area is 116 Å². The van der Waals surface area contributed by atoms with Crippen LogP contribution >= 0.6 is 11.3 Å². The zero-order valence-electron chi connectivity index (χ0n) is 10.6. The SMILES string of the molecule is N[C@@H](CCc1ccccc1)C(=O)NCc1nccs1. The number of nitrogens with two attached hydrogens (primary N) is 1. The van der Waals surface area contributed by atoms with E-state index in [1.54, 1.807) is 6.20 Å². The van der Waals surface area contributed by atoms with Crippen LogP contribution < -0.4 is 11.1 Å². The van der Waals surface area contributed by atoms with Crippen molar-refractivity contribution in [2.75, 3.05) is 0 Å². The first-order chi connectivity index (χ1) is 9.25. The van der Waals surface area contributed by atoms with Gasteiger partial charge in [-0.3, -0.25) is 4.79 Å². The van der Waals surface area contributed by atoms with Crippen molar-refractivity contribution < 1.29 is 4.79 Å². The van der Waals surface area contributed by atoms with Gasteiger partial charge in [0.05, 0.1) is 12.6 Å². The summed E-state index contributed by atoms with van der Waals surface area (Å²) in [6, 6.07) is 9.57. The molecule has 2 aromatic rings. The summed E-state index contributed by atoms with van der Waals surface area (Å²) < 4.78 is 0. The van der Waals surface area contributed by atoms with Gasteiger partial charge in [0.15, 0.2) is 0 Å². The Morgan fingerprint density at radius 1 is 1.37 bits per heavy atom. The lowest BCUT2D eigenvalue weighted by Gasteiger charge is -2.11. The Hall–Kier alpha value is -1.72. The molecule has 1 aromatic heterocycles. The molecule has 19 heavy (non-hydrogen) atoms. The van der Waals surface area contributed by atoms with Crippen LogP contribution in [-0.4, -0.2) is 16.9 Å². The van der Waals surface area contributed by atoms with Crippen LogP contribution in [0.2, 0.25) is 0 Å². The van der Waals surface area contributed by atoms with Crippen molar-refractivity contribution in [1.29, 1.82) is 0 Å². The minimum atomic E-state index is -0.472. The Balaban J connectivity index is 1.73. The second-order valence-corrected chi connectivity index (χ2v) is 5.25. The third kappa shape index (κ3) is 4.46. The molecule has 3 N–H and O–H groups in total. The minimum absolute atomic E-state index is 0.119. The van der Waals surface area contributed by atoms with Crippen molar-refractivity contribution in [1.82, 2.24) is 10.3 Å². The fraction of sp³-hybridized carbons (Fsp3) is 0.286. The lowest BCUT2D eigenvalue weighted by Crippen LogP contribution is -2.40. The molecule has 0 bridgehead atoms. The second kappa shape index (κ2) is 7.01. The molecule has 2 rings (SSSR count). The summed E-state index contributed by atoms with van der Waals surface area (Å²) in [6.07, 6.45) is 3.18. The molecule has 0 unspecified atom stereocenters. The van der Waals surface area contributed by atoms with E-state index in [1.165, 1.54) is 16.9 Å². The molecule has 0 radical (unpaired) electrons. The Morgan fingerprint density at radius 3 is 2.84 bits per heavy atom. The van der Waals surface area contributed by atoms with Crippen LogP contribution in [0.4, 0.5) is 0 Å². The molecule has 0 aliphatic heterocycles. The van der Waals surface area contributed by atoms with Crippen LogP contribution in [-0.2, 0) is 17.8 Å². The van der Waals surface area contributed by atoms with Gasteiger partial charge in [0.1, 0.15) is 5.01 Å². The average Bonchev–Trinajstić information content (AvgIpc) is 2.96. The average molecular weight is 275 g/mol. The zero-order valence-corrected chi connectivity index (χ0v) is 11.4. The molecule has 0 saturated carbocycles. The highest BCUT2D eigenvalue weighted by molar-refractivity contribution is 7.09. The van der Waals surface area contributed by atoms with Crippen LogP contribution in [0.15, 0.2) is 41.9 Å². The molecule has 1 heterocycles. The predicted molar refractivity (Wildman–Crippen MR) is 76.7 cm³/mol. The fourth-order valence-corrected chi connectivity index (χ4v) is 2.29. The van der Waals surface area contributed by atoms with E-state index in [9.17, 15) is 4.79 Å². The highest BCUT2D eigenvalue weighted by atomic mass is 32.1. The van der Waals surface area contributed by atoms with Crippen LogP contribution in [0.1, 0.15) is 17.0 Å². The smallest absolute Gasteiger partial charge is 0.237 e. The molecule has 0 aliphatic carbocycles. The summed E-state index contributed by atoms with van der Waals surface area (Å²) in [6.45, 7) is 0.454. The maximum absolute atomic E-state index is 11.8. The molecule has 100 valence electrons. The summed E-state index contributed by atoms with van der Waals surface area (Å²) in [7, 11) is 0. The summed E-state index contributed by atoms with van der Waals surface area (Å²) in [4.78, 5) is 15.9. The van der Waals surface area contributed by atoms with E-state index in [-0.39, 0.29) is 5.91 Å². The quantitative estimate of drug-likeness (QED) is 0.843. The molecule has 0 aliphatic rings. The third-order valence-corrected chi connectivity index (χ3v) is 3.60. The molecule has 4 nitrogen and oxygen atoms in total. The molecule has 1 atom stereocenters. The number of hydrogen-bond acceptors (Lipinski definition) is 4. The number of thiazole rings is 1. The summed E-state index contributed by atoms with van der Waals surface area (Å²) in [5, 5.41) is 5.58. The highest BCUT2D eigenvalue weighted by Gasteiger charge is 2.13. The zero-order chi connectivity index (χ0) is 13.5. The summed E-state index contributed by atoms with van der Waals surface area (Å²) in [5.74, 6) is -0.119. The topological polar surface area (TPSA) is 68.0 Å². The van der Waals surface area contributed by atoms with Gasteiger partial charge in [0.25, 0.3) is 0 Å². The van der Waals surface area contributed by atoms with Crippen LogP contribution in [0.3, 0.4) is 0 Å². The van der Waals surface area contributed by atoms with Crippen LogP contribution in [0.5, 0.6) is 0 Å². The fourth-order valence-electron chi connectivity index (χ4n) is 1.73. The number of rotatable bonds is 6. The normalized spacial score (nSPS) is 12.1. The largest absolute Gasteiger partial charge is 0.348 e. The van der Waals surface area contributed by atoms with E-state index in [2.05, 4.69) is 10.3 Å². The number of carbonyl (C=O) groups excluding carboxylic acids is 1. The van der Waals surface area contributed by atoms with Gasteiger partial charge in [-0.15, -0.1) is 11.3 Å². The molecule has 1 amide bonds. The molecule has 1 aromatic carbocycles. The van der Waals surface area contributed by atoms with Crippen LogP contribution in [0, 0.1) is 0 Å². The van der Waals surface area contributed by atoms with Gasteiger partial charge in [0, 0.05) is 11.6 Å². The van der Waals surface area contributed by atoms with E-state index >= 15 is 0 Å². The van der Waals surface area contributed by atoms with E-state index in [4.69, 9.17) is 5.73 Å². The van der Waals surface area contributed by atoms with E-state index in [0.717, 1.165) is 11.4 Å². The van der Waals surface area contributed by atoms with Gasteiger partial charge in [0.2, 0.25) is 5.91 Å². The van der Waals surface area contributed by atoms with E-state index in [0.29, 0.717) is 13.0 Å². The van der Waals surface area contributed by atoms with Gasteiger partial charge in [-0.2, -0.15) is 0 Å². The highest BCUT2D eigenvalue weighted by Crippen LogP contribution is 2.05. The third-order valence-electron chi connectivity index (χ3n) is 2.82. The van der Waals surface area contributed by atoms with E-state index < -0.39 is 6.04 Å². The van der Waals surface area contributed by atoms with Gasteiger partial charge in [-0.25, -0.2) is 4.98 Å². The maximum Gasteiger partial charge on any atom is 0.237 e. The lowest BCUT2D eigenvalue weighted by molar-refractivity contribution is -0.122. The van der Waals surface area contributed by atoms with Crippen molar-refractivity contribution in [3.63, 3.8) is 0 Å². The number of nitrogens with zero attached hydrogens (tertiary/aromatic N) is 1. The monoisotopic (exact) mass is 275 g/mol. The molecule has 0 saturated heterocycles. The van der Waals surface area contributed by atoms with Crippen molar-refractivity contribution in [3.05, 3.63) is 52.5 Å².